The second-order valence-corrected chi connectivity index (χ2v) is 9.97. The zero-order valence-corrected chi connectivity index (χ0v) is 19.9. The molecule has 0 bridgehead atoms. The lowest BCUT2D eigenvalue weighted by Crippen LogP contribution is -2.55. The van der Waals surface area contributed by atoms with Gasteiger partial charge in [-0.1, -0.05) is 32.9 Å². The summed E-state index contributed by atoms with van der Waals surface area (Å²) in [5.74, 6) is 1.07. The van der Waals surface area contributed by atoms with E-state index in [-0.39, 0.29) is 11.8 Å². The molecule has 1 unspecified atom stereocenters. The van der Waals surface area contributed by atoms with E-state index < -0.39 is 6.04 Å². The molecular formula is C23H37N3O3S. The summed E-state index contributed by atoms with van der Waals surface area (Å²) in [5, 5.41) is 2.96. The highest BCUT2D eigenvalue weighted by atomic mass is 32.2. The predicted molar refractivity (Wildman–Crippen MR) is 124 cm³/mol. The van der Waals surface area contributed by atoms with E-state index in [1.807, 2.05) is 17.2 Å². The van der Waals surface area contributed by atoms with Crippen LogP contribution in [0.15, 0.2) is 24.3 Å². The zero-order valence-electron chi connectivity index (χ0n) is 19.1. The third-order valence-corrected chi connectivity index (χ3v) is 6.07. The number of ether oxygens (including phenoxy) is 1. The average molecular weight is 436 g/mol. The number of benzene rings is 1. The third-order valence-electron chi connectivity index (χ3n) is 5.43. The van der Waals surface area contributed by atoms with Crippen molar-refractivity contribution in [2.45, 2.75) is 39.7 Å². The molecule has 1 saturated heterocycles. The topological polar surface area (TPSA) is 61.9 Å². The minimum Gasteiger partial charge on any atom is -0.496 e. The Morgan fingerprint density at radius 1 is 1.17 bits per heavy atom. The second-order valence-electron chi connectivity index (χ2n) is 8.99. The Labute approximate surface area is 185 Å². The Hall–Kier alpha value is -1.73. The van der Waals surface area contributed by atoms with Crippen molar-refractivity contribution in [1.29, 1.82) is 0 Å². The predicted octanol–water partition coefficient (Wildman–Crippen LogP) is 3.13. The number of rotatable bonds is 9. The van der Waals surface area contributed by atoms with Gasteiger partial charge in [-0.3, -0.25) is 14.5 Å². The zero-order chi connectivity index (χ0) is 22.1. The molecule has 1 aliphatic rings. The summed E-state index contributed by atoms with van der Waals surface area (Å²) >= 11 is 1.68. The summed E-state index contributed by atoms with van der Waals surface area (Å²) in [6.07, 6.45) is 3.77. The maximum absolute atomic E-state index is 13.2. The van der Waals surface area contributed by atoms with Gasteiger partial charge in [-0.15, -0.1) is 0 Å². The summed E-state index contributed by atoms with van der Waals surface area (Å²) in [7, 11) is 1.54. The van der Waals surface area contributed by atoms with Crippen LogP contribution in [-0.2, 0) is 4.79 Å². The molecule has 2 amide bonds. The molecule has 0 saturated carbocycles. The first-order valence-corrected chi connectivity index (χ1v) is 12.1. The van der Waals surface area contributed by atoms with Crippen molar-refractivity contribution in [3.63, 3.8) is 0 Å². The summed E-state index contributed by atoms with van der Waals surface area (Å²) in [6.45, 7) is 11.0. The van der Waals surface area contributed by atoms with Gasteiger partial charge in [0.05, 0.1) is 12.7 Å². The van der Waals surface area contributed by atoms with Crippen molar-refractivity contribution >= 4 is 23.6 Å². The molecule has 168 valence electrons. The number of methoxy groups -OCH3 is 1. The fourth-order valence-corrected chi connectivity index (χ4v) is 3.94. The number of thioether (sulfide) groups is 1. The average Bonchev–Trinajstić information content (AvgIpc) is 2.74. The normalized spacial score (nSPS) is 16.2. The highest BCUT2D eigenvalue weighted by Crippen LogP contribution is 2.20. The van der Waals surface area contributed by atoms with E-state index in [0.29, 0.717) is 36.2 Å². The Kier molecular flexibility index (Phi) is 9.49. The Bertz CT molecular complexity index is 697. The molecular weight excluding hydrogens is 398 g/mol. The fraction of sp³-hybridized carbons (Fsp3) is 0.652. The monoisotopic (exact) mass is 435 g/mol. The summed E-state index contributed by atoms with van der Waals surface area (Å²) in [4.78, 5) is 30.4. The second kappa shape index (κ2) is 11.6. The van der Waals surface area contributed by atoms with E-state index in [4.69, 9.17) is 4.74 Å². The first-order valence-electron chi connectivity index (χ1n) is 10.7. The first-order chi connectivity index (χ1) is 14.2. The van der Waals surface area contributed by atoms with Gasteiger partial charge in [0, 0.05) is 26.2 Å². The van der Waals surface area contributed by atoms with Crippen LogP contribution in [0.25, 0.3) is 0 Å². The number of hydrogen-bond donors (Lipinski definition) is 1. The molecule has 0 aromatic heterocycles. The molecule has 0 aliphatic carbocycles. The smallest absolute Gasteiger partial charge is 0.255 e. The minimum atomic E-state index is -0.518. The van der Waals surface area contributed by atoms with E-state index in [0.717, 1.165) is 31.8 Å². The van der Waals surface area contributed by atoms with Crippen LogP contribution in [0.5, 0.6) is 5.75 Å². The van der Waals surface area contributed by atoms with Crippen LogP contribution < -0.4 is 10.1 Å². The van der Waals surface area contributed by atoms with Crippen LogP contribution >= 0.6 is 11.8 Å². The van der Waals surface area contributed by atoms with Crippen LogP contribution in [-0.4, -0.2) is 79.5 Å². The number of nitrogens with zero attached hydrogens (tertiary/aromatic N) is 2. The molecule has 30 heavy (non-hydrogen) atoms. The van der Waals surface area contributed by atoms with E-state index >= 15 is 0 Å². The van der Waals surface area contributed by atoms with Crippen molar-refractivity contribution in [3.05, 3.63) is 29.8 Å². The largest absolute Gasteiger partial charge is 0.496 e. The van der Waals surface area contributed by atoms with Crippen LogP contribution in [0, 0.1) is 5.41 Å². The van der Waals surface area contributed by atoms with Crippen LogP contribution in [0.4, 0.5) is 0 Å². The highest BCUT2D eigenvalue weighted by Gasteiger charge is 2.29. The Balaban J connectivity index is 1.98. The molecule has 1 aromatic carbocycles. The number of carbonyl (C=O) groups excluding carboxylic acids is 2. The molecule has 1 fully saturated rings. The third kappa shape index (κ3) is 7.51. The van der Waals surface area contributed by atoms with Gasteiger partial charge in [0.2, 0.25) is 5.91 Å². The SMILES string of the molecule is COc1ccccc1C(=O)NC(CCSC)C(=O)N1CCN(CCC(C)(C)C)CC1. The van der Waals surface area contributed by atoms with Crippen molar-refractivity contribution in [1.82, 2.24) is 15.1 Å². The molecule has 2 rings (SSSR count). The highest BCUT2D eigenvalue weighted by molar-refractivity contribution is 7.98. The Morgan fingerprint density at radius 3 is 2.43 bits per heavy atom. The molecule has 6 nitrogen and oxygen atoms in total. The standard InChI is InChI=1S/C23H37N3O3S/c1-23(2,3)11-12-25-13-15-26(16-14-25)22(28)19(10-17-30-5)24-21(27)18-8-6-7-9-20(18)29-4/h6-9,19H,10-17H2,1-5H3,(H,24,27). The first kappa shape index (κ1) is 24.5. The van der Waals surface area contributed by atoms with Gasteiger partial charge in [-0.25, -0.2) is 0 Å². The van der Waals surface area contributed by atoms with E-state index in [9.17, 15) is 9.59 Å². The molecule has 7 heteroatoms. The maximum atomic E-state index is 13.2. The molecule has 1 aliphatic heterocycles. The van der Waals surface area contributed by atoms with Gasteiger partial charge >= 0.3 is 0 Å². The van der Waals surface area contributed by atoms with E-state index in [1.54, 1.807) is 37.1 Å². The van der Waals surface area contributed by atoms with E-state index in [2.05, 4.69) is 31.0 Å². The summed E-state index contributed by atoms with van der Waals surface area (Å²) in [6, 6.07) is 6.58. The lowest BCUT2D eigenvalue weighted by atomic mass is 9.92. The Morgan fingerprint density at radius 2 is 1.83 bits per heavy atom. The summed E-state index contributed by atoms with van der Waals surface area (Å²) < 4.78 is 5.30. The van der Waals surface area contributed by atoms with Crippen LogP contribution in [0.2, 0.25) is 0 Å². The lowest BCUT2D eigenvalue weighted by Gasteiger charge is -2.37. The van der Waals surface area contributed by atoms with Crippen LogP contribution in [0.3, 0.4) is 0 Å². The molecule has 0 radical (unpaired) electrons. The van der Waals surface area contributed by atoms with Gasteiger partial charge in [-0.2, -0.15) is 11.8 Å². The van der Waals surface area contributed by atoms with Crippen LogP contribution in [0.1, 0.15) is 44.0 Å². The molecule has 1 atom stereocenters. The van der Waals surface area contributed by atoms with Crippen molar-refractivity contribution in [2.75, 3.05) is 51.8 Å². The number of carbonyl (C=O) groups is 2. The lowest BCUT2D eigenvalue weighted by molar-refractivity contribution is -0.135. The van der Waals surface area contributed by atoms with Gasteiger partial charge in [0.1, 0.15) is 11.8 Å². The number of hydrogen-bond acceptors (Lipinski definition) is 5. The van der Waals surface area contributed by atoms with Gasteiger partial charge in [-0.05, 0) is 48.9 Å². The quantitative estimate of drug-likeness (QED) is 0.646. The molecule has 1 aromatic rings. The van der Waals surface area contributed by atoms with Gasteiger partial charge < -0.3 is 15.0 Å². The molecule has 0 spiro atoms. The number of para-hydroxylation sites is 1. The molecule has 1 N–H and O–H groups in total. The van der Waals surface area contributed by atoms with E-state index in [1.165, 1.54) is 0 Å². The van der Waals surface area contributed by atoms with Gasteiger partial charge in [0.15, 0.2) is 0 Å². The minimum absolute atomic E-state index is 0.0165. The maximum Gasteiger partial charge on any atom is 0.255 e. The van der Waals surface area contributed by atoms with Crippen molar-refractivity contribution in [3.8, 4) is 5.75 Å². The van der Waals surface area contributed by atoms with Crippen molar-refractivity contribution < 1.29 is 14.3 Å². The summed E-state index contributed by atoms with van der Waals surface area (Å²) in [5.41, 5.74) is 0.771. The molecule has 1 heterocycles. The van der Waals surface area contributed by atoms with Crippen molar-refractivity contribution in [2.24, 2.45) is 5.41 Å². The fourth-order valence-electron chi connectivity index (χ4n) is 3.47. The van der Waals surface area contributed by atoms with Gasteiger partial charge in [0.25, 0.3) is 5.91 Å². The number of nitrogens with one attached hydrogen (secondary N) is 1. The number of piperazine rings is 1. The number of amides is 2.